The lowest BCUT2D eigenvalue weighted by Crippen LogP contribution is -2.31. The number of aryl methyl sites for hydroxylation is 3. The SMILES string of the molecule is CCc1ncc(C(=O)N[C@@H]2CCCc3sc(C)nc32)cn1. The van der Waals surface area contributed by atoms with Gasteiger partial charge >= 0.3 is 0 Å². The molecular weight excluding hydrogens is 284 g/mol. The molecule has 0 radical (unpaired) electrons. The van der Waals surface area contributed by atoms with Crippen LogP contribution in [0.25, 0.3) is 0 Å². The van der Waals surface area contributed by atoms with E-state index in [0.29, 0.717) is 5.56 Å². The molecule has 5 nitrogen and oxygen atoms in total. The smallest absolute Gasteiger partial charge is 0.254 e. The lowest BCUT2D eigenvalue weighted by molar-refractivity contribution is 0.0931. The molecule has 0 spiro atoms. The maximum atomic E-state index is 12.3. The number of nitrogens with zero attached hydrogens (tertiary/aromatic N) is 3. The number of aromatic nitrogens is 3. The molecule has 0 saturated heterocycles. The maximum Gasteiger partial charge on any atom is 0.254 e. The van der Waals surface area contributed by atoms with Gasteiger partial charge in [0.05, 0.1) is 22.3 Å². The van der Waals surface area contributed by atoms with Crippen molar-refractivity contribution >= 4 is 17.2 Å². The van der Waals surface area contributed by atoms with Crippen molar-refractivity contribution in [3.8, 4) is 0 Å². The molecule has 0 bridgehead atoms. The summed E-state index contributed by atoms with van der Waals surface area (Å²) in [5.74, 6) is 0.628. The number of carbonyl (C=O) groups excluding carboxylic acids is 1. The molecule has 0 unspecified atom stereocenters. The fourth-order valence-electron chi connectivity index (χ4n) is 2.58. The second-order valence-corrected chi connectivity index (χ2v) is 6.49. The van der Waals surface area contributed by atoms with Crippen molar-refractivity contribution in [2.75, 3.05) is 0 Å². The van der Waals surface area contributed by atoms with Crippen molar-refractivity contribution in [3.05, 3.63) is 39.4 Å². The molecule has 2 aromatic heterocycles. The van der Waals surface area contributed by atoms with E-state index in [1.165, 1.54) is 4.88 Å². The third-order valence-corrected chi connectivity index (χ3v) is 4.70. The minimum Gasteiger partial charge on any atom is -0.344 e. The van der Waals surface area contributed by atoms with Crippen LogP contribution in [0.3, 0.4) is 0 Å². The summed E-state index contributed by atoms with van der Waals surface area (Å²) in [6.07, 6.45) is 7.06. The van der Waals surface area contributed by atoms with Gasteiger partial charge in [0.15, 0.2) is 0 Å². The Balaban J connectivity index is 1.75. The van der Waals surface area contributed by atoms with Crippen molar-refractivity contribution < 1.29 is 4.79 Å². The maximum absolute atomic E-state index is 12.3. The van der Waals surface area contributed by atoms with Crippen LogP contribution in [-0.4, -0.2) is 20.9 Å². The van der Waals surface area contributed by atoms with Gasteiger partial charge in [-0.25, -0.2) is 15.0 Å². The molecule has 2 heterocycles. The zero-order valence-corrected chi connectivity index (χ0v) is 13.0. The third kappa shape index (κ3) is 2.95. The molecule has 0 aliphatic heterocycles. The molecule has 2 aromatic rings. The molecule has 1 aliphatic carbocycles. The van der Waals surface area contributed by atoms with Crippen LogP contribution in [-0.2, 0) is 12.8 Å². The van der Waals surface area contributed by atoms with E-state index in [2.05, 4.69) is 20.3 Å². The van der Waals surface area contributed by atoms with Gasteiger partial charge in [0, 0.05) is 23.7 Å². The van der Waals surface area contributed by atoms with Crippen LogP contribution in [0.4, 0.5) is 0 Å². The van der Waals surface area contributed by atoms with E-state index in [0.717, 1.165) is 42.2 Å². The van der Waals surface area contributed by atoms with E-state index in [1.807, 2.05) is 13.8 Å². The highest BCUT2D eigenvalue weighted by atomic mass is 32.1. The molecule has 21 heavy (non-hydrogen) atoms. The van der Waals surface area contributed by atoms with Crippen molar-refractivity contribution in [1.82, 2.24) is 20.3 Å². The number of fused-ring (bicyclic) bond motifs is 1. The minimum absolute atomic E-state index is 0.0112. The summed E-state index contributed by atoms with van der Waals surface area (Å²) in [4.78, 5) is 26.5. The fraction of sp³-hybridized carbons (Fsp3) is 0.467. The summed E-state index contributed by atoms with van der Waals surface area (Å²) >= 11 is 1.73. The summed E-state index contributed by atoms with van der Waals surface area (Å²) in [7, 11) is 0. The number of thiazole rings is 1. The topological polar surface area (TPSA) is 67.8 Å². The Bertz CT molecular complexity index is 650. The van der Waals surface area contributed by atoms with Gasteiger partial charge in [0.25, 0.3) is 5.91 Å². The Hall–Kier alpha value is -1.82. The number of amides is 1. The molecule has 6 heteroatoms. The van der Waals surface area contributed by atoms with E-state index in [1.54, 1.807) is 23.7 Å². The molecule has 0 saturated carbocycles. The molecule has 1 aliphatic rings. The second kappa shape index (κ2) is 5.89. The quantitative estimate of drug-likeness (QED) is 0.946. The first-order chi connectivity index (χ1) is 10.2. The van der Waals surface area contributed by atoms with Crippen molar-refractivity contribution in [2.45, 2.75) is 45.6 Å². The van der Waals surface area contributed by atoms with Gasteiger partial charge in [-0.1, -0.05) is 6.92 Å². The van der Waals surface area contributed by atoms with Gasteiger partial charge < -0.3 is 5.32 Å². The number of hydrogen-bond donors (Lipinski definition) is 1. The zero-order valence-electron chi connectivity index (χ0n) is 12.2. The molecular formula is C15H18N4OS. The highest BCUT2D eigenvalue weighted by molar-refractivity contribution is 7.11. The first kappa shape index (κ1) is 14.1. The van der Waals surface area contributed by atoms with Crippen LogP contribution in [0.15, 0.2) is 12.4 Å². The highest BCUT2D eigenvalue weighted by Crippen LogP contribution is 2.33. The fourth-order valence-corrected chi connectivity index (χ4v) is 3.62. The Morgan fingerprint density at radius 1 is 1.43 bits per heavy atom. The van der Waals surface area contributed by atoms with Crippen LogP contribution < -0.4 is 5.32 Å². The summed E-state index contributed by atoms with van der Waals surface area (Å²) < 4.78 is 0. The number of carbonyl (C=O) groups is 1. The predicted molar refractivity (Wildman–Crippen MR) is 81.4 cm³/mol. The standard InChI is InChI=1S/C15H18N4OS/c1-3-13-16-7-10(8-17-13)15(20)19-11-5-4-6-12-14(11)18-9(2)21-12/h7-8,11H,3-6H2,1-2H3,(H,19,20)/t11-/m1/s1. The number of hydrogen-bond acceptors (Lipinski definition) is 5. The van der Waals surface area contributed by atoms with E-state index < -0.39 is 0 Å². The lowest BCUT2D eigenvalue weighted by Gasteiger charge is -2.22. The van der Waals surface area contributed by atoms with Crippen molar-refractivity contribution in [3.63, 3.8) is 0 Å². The number of nitrogens with one attached hydrogen (secondary N) is 1. The first-order valence-electron chi connectivity index (χ1n) is 7.25. The average molecular weight is 302 g/mol. The zero-order chi connectivity index (χ0) is 14.8. The summed E-state index contributed by atoms with van der Waals surface area (Å²) in [6, 6.07) is 0.0112. The Kier molecular flexibility index (Phi) is 3.96. The minimum atomic E-state index is -0.124. The van der Waals surface area contributed by atoms with Crippen molar-refractivity contribution in [1.29, 1.82) is 0 Å². The van der Waals surface area contributed by atoms with E-state index in [4.69, 9.17) is 0 Å². The Morgan fingerprint density at radius 2 is 2.19 bits per heavy atom. The lowest BCUT2D eigenvalue weighted by atomic mass is 9.97. The van der Waals surface area contributed by atoms with E-state index in [9.17, 15) is 4.79 Å². The largest absolute Gasteiger partial charge is 0.344 e. The molecule has 110 valence electrons. The summed E-state index contributed by atoms with van der Waals surface area (Å²) in [6.45, 7) is 4.00. The van der Waals surface area contributed by atoms with Crippen LogP contribution in [0.1, 0.15) is 57.6 Å². The monoisotopic (exact) mass is 302 g/mol. The normalized spacial score (nSPS) is 17.3. The van der Waals surface area contributed by atoms with Gasteiger partial charge in [0.1, 0.15) is 5.82 Å². The molecule has 0 fully saturated rings. The Labute approximate surface area is 127 Å². The van der Waals surface area contributed by atoms with E-state index in [-0.39, 0.29) is 11.9 Å². The van der Waals surface area contributed by atoms with Gasteiger partial charge in [0.2, 0.25) is 0 Å². The summed E-state index contributed by atoms with van der Waals surface area (Å²) in [5.41, 5.74) is 1.55. The summed E-state index contributed by atoms with van der Waals surface area (Å²) in [5, 5.41) is 4.13. The third-order valence-electron chi connectivity index (χ3n) is 3.65. The van der Waals surface area contributed by atoms with E-state index >= 15 is 0 Å². The van der Waals surface area contributed by atoms with Crippen LogP contribution in [0, 0.1) is 6.92 Å². The Morgan fingerprint density at radius 3 is 2.90 bits per heavy atom. The van der Waals surface area contributed by atoms with Crippen LogP contribution in [0.5, 0.6) is 0 Å². The van der Waals surface area contributed by atoms with Gasteiger partial charge in [-0.2, -0.15) is 0 Å². The van der Waals surface area contributed by atoms with Gasteiger partial charge in [-0.3, -0.25) is 4.79 Å². The van der Waals surface area contributed by atoms with Gasteiger partial charge in [-0.15, -0.1) is 11.3 Å². The number of rotatable bonds is 3. The van der Waals surface area contributed by atoms with Crippen molar-refractivity contribution in [2.24, 2.45) is 0 Å². The van der Waals surface area contributed by atoms with Crippen LogP contribution >= 0.6 is 11.3 Å². The molecule has 1 amide bonds. The molecule has 0 aromatic carbocycles. The molecule has 1 atom stereocenters. The highest BCUT2D eigenvalue weighted by Gasteiger charge is 2.25. The first-order valence-corrected chi connectivity index (χ1v) is 8.07. The molecule has 1 N–H and O–H groups in total. The predicted octanol–water partition coefficient (Wildman–Crippen LogP) is 2.61. The molecule has 3 rings (SSSR count). The average Bonchev–Trinajstić information content (AvgIpc) is 2.88. The van der Waals surface area contributed by atoms with Gasteiger partial charge in [-0.05, 0) is 26.2 Å². The second-order valence-electron chi connectivity index (χ2n) is 5.20. The van der Waals surface area contributed by atoms with Crippen LogP contribution in [0.2, 0.25) is 0 Å².